The topological polar surface area (TPSA) is 61.4 Å². The molecule has 1 saturated heterocycles. The van der Waals surface area contributed by atoms with Crippen molar-refractivity contribution in [3.05, 3.63) is 16.3 Å². The Morgan fingerprint density at radius 1 is 1.25 bits per heavy atom. The maximum Gasteiger partial charge on any atom is 0.254 e. The van der Waals surface area contributed by atoms with Gasteiger partial charge in [-0.3, -0.25) is 0 Å². The lowest BCUT2D eigenvalue weighted by atomic mass is 10.2. The lowest BCUT2D eigenvalue weighted by Gasteiger charge is -2.26. The van der Waals surface area contributed by atoms with E-state index in [0.29, 0.717) is 10.9 Å². The highest BCUT2D eigenvalue weighted by molar-refractivity contribution is 7.89. The van der Waals surface area contributed by atoms with Crippen molar-refractivity contribution in [2.75, 3.05) is 13.1 Å². The van der Waals surface area contributed by atoms with E-state index < -0.39 is 10.0 Å². The van der Waals surface area contributed by atoms with Gasteiger partial charge in [-0.2, -0.15) is 0 Å². The lowest BCUT2D eigenvalue weighted by molar-refractivity contribution is 0.200. The minimum atomic E-state index is -3.40. The van der Waals surface area contributed by atoms with Gasteiger partial charge in [0.05, 0.1) is 4.90 Å². The molecule has 0 unspecified atom stereocenters. The molecule has 2 N–H and O–H groups in total. The van der Waals surface area contributed by atoms with Gasteiger partial charge in [0.25, 0.3) is 10.0 Å². The van der Waals surface area contributed by atoms with E-state index in [1.807, 2.05) is 5.01 Å². The maximum absolute atomic E-state index is 12.3. The van der Waals surface area contributed by atoms with Gasteiger partial charge in [0, 0.05) is 35.9 Å². The van der Waals surface area contributed by atoms with Crippen LogP contribution in [0.15, 0.2) is 16.3 Å². The Morgan fingerprint density at radius 3 is 2.70 bits per heavy atom. The molecule has 1 aromatic rings. The van der Waals surface area contributed by atoms with Crippen LogP contribution in [0.4, 0.5) is 0 Å². The van der Waals surface area contributed by atoms with E-state index in [-0.39, 0.29) is 0 Å². The second-order valence-electron chi connectivity index (χ2n) is 5.55. The molecule has 1 saturated carbocycles. The molecule has 1 aliphatic carbocycles. The molecule has 1 aliphatic heterocycles. The number of rotatable bonds is 6. The fourth-order valence-corrected chi connectivity index (χ4v) is 4.68. The number of nitrogens with zero attached hydrogens (tertiary/aromatic N) is 1. The van der Waals surface area contributed by atoms with E-state index in [0.717, 1.165) is 37.4 Å². The van der Waals surface area contributed by atoms with E-state index in [4.69, 9.17) is 0 Å². The molecular formula is C13H21N3O2S2. The van der Waals surface area contributed by atoms with Gasteiger partial charge in [-0.05, 0) is 31.7 Å². The first-order valence-corrected chi connectivity index (χ1v) is 9.58. The summed E-state index contributed by atoms with van der Waals surface area (Å²) >= 11 is 1.51. The number of nitrogens with one attached hydrogen (secondary N) is 2. The molecule has 3 rings (SSSR count). The molecule has 7 heteroatoms. The third-order valence-electron chi connectivity index (χ3n) is 3.69. The van der Waals surface area contributed by atoms with E-state index in [2.05, 4.69) is 10.1 Å². The Labute approximate surface area is 124 Å². The molecule has 0 radical (unpaired) electrons. The first-order valence-electron chi connectivity index (χ1n) is 7.22. The smallest absolute Gasteiger partial charge is 0.254 e. The molecule has 5 nitrogen and oxygen atoms in total. The summed E-state index contributed by atoms with van der Waals surface area (Å²) < 4.78 is 24.6. The van der Waals surface area contributed by atoms with Crippen LogP contribution in [0.5, 0.6) is 0 Å². The normalized spacial score (nSPS) is 21.2. The van der Waals surface area contributed by atoms with Gasteiger partial charge < -0.3 is 5.32 Å². The van der Waals surface area contributed by atoms with Gasteiger partial charge >= 0.3 is 0 Å². The first kappa shape index (κ1) is 14.5. The Morgan fingerprint density at radius 2 is 2.00 bits per heavy atom. The number of piperidine rings is 1. The van der Waals surface area contributed by atoms with Gasteiger partial charge in [-0.1, -0.05) is 6.42 Å². The maximum atomic E-state index is 12.3. The summed E-state index contributed by atoms with van der Waals surface area (Å²) in [6.45, 7) is 2.38. The molecule has 0 aromatic carbocycles. The average Bonchev–Trinajstić information content (AvgIpc) is 3.13. The molecule has 1 aromatic heterocycles. The monoisotopic (exact) mass is 315 g/mol. The van der Waals surface area contributed by atoms with Crippen molar-refractivity contribution in [3.63, 3.8) is 0 Å². The molecule has 112 valence electrons. The van der Waals surface area contributed by atoms with Gasteiger partial charge in [0.1, 0.15) is 0 Å². The third-order valence-corrected chi connectivity index (χ3v) is 6.13. The van der Waals surface area contributed by atoms with Crippen LogP contribution in [-0.4, -0.2) is 32.6 Å². The zero-order valence-corrected chi connectivity index (χ0v) is 13.1. The van der Waals surface area contributed by atoms with Crippen molar-refractivity contribution >= 4 is 21.4 Å². The fraction of sp³-hybridized carbons (Fsp3) is 0.692. The number of hydrazine groups is 1. The molecule has 0 amide bonds. The van der Waals surface area contributed by atoms with Crippen LogP contribution in [0.3, 0.4) is 0 Å². The van der Waals surface area contributed by atoms with Crippen molar-refractivity contribution in [2.24, 2.45) is 0 Å². The van der Waals surface area contributed by atoms with E-state index in [9.17, 15) is 8.42 Å². The van der Waals surface area contributed by atoms with Crippen LogP contribution in [0, 0.1) is 0 Å². The van der Waals surface area contributed by atoms with Gasteiger partial charge in [-0.25, -0.2) is 13.4 Å². The second kappa shape index (κ2) is 6.11. The van der Waals surface area contributed by atoms with Crippen molar-refractivity contribution in [1.82, 2.24) is 15.2 Å². The van der Waals surface area contributed by atoms with Crippen molar-refractivity contribution in [1.29, 1.82) is 0 Å². The summed E-state index contributed by atoms with van der Waals surface area (Å²) in [5.74, 6) is 0. The predicted molar refractivity (Wildman–Crippen MR) is 79.9 cm³/mol. The highest BCUT2D eigenvalue weighted by atomic mass is 32.2. The zero-order valence-electron chi connectivity index (χ0n) is 11.5. The minimum absolute atomic E-state index is 0.390. The Hall–Kier alpha value is -0.470. The molecule has 0 bridgehead atoms. The summed E-state index contributed by atoms with van der Waals surface area (Å²) in [5, 5.41) is 6.95. The minimum Gasteiger partial charge on any atom is -0.309 e. The highest BCUT2D eigenvalue weighted by Crippen LogP contribution is 2.23. The highest BCUT2D eigenvalue weighted by Gasteiger charge is 2.23. The van der Waals surface area contributed by atoms with Gasteiger partial charge in [0.15, 0.2) is 0 Å². The zero-order chi connectivity index (χ0) is 14.0. The summed E-state index contributed by atoms with van der Waals surface area (Å²) in [6, 6.07) is 2.43. The molecule has 2 aliphatic rings. The molecule has 0 spiro atoms. The lowest BCUT2D eigenvalue weighted by Crippen LogP contribution is -2.44. The van der Waals surface area contributed by atoms with Crippen LogP contribution < -0.4 is 10.1 Å². The number of thiophene rings is 1. The molecule has 2 fully saturated rings. The van der Waals surface area contributed by atoms with Crippen molar-refractivity contribution in [2.45, 2.75) is 49.6 Å². The predicted octanol–water partition coefficient (Wildman–Crippen LogP) is 1.68. The summed E-state index contributed by atoms with van der Waals surface area (Å²) in [5.41, 5.74) is 0. The Kier molecular flexibility index (Phi) is 4.42. The number of sulfonamides is 1. The second-order valence-corrected chi connectivity index (χ2v) is 8.20. The quantitative estimate of drug-likeness (QED) is 0.838. The molecule has 0 atom stereocenters. The Balaban J connectivity index is 1.60. The first-order chi connectivity index (χ1) is 9.63. The Bertz CT molecular complexity index is 546. The standard InChI is InChI=1S/C13H21N3O2S2/c17-20(18,15-16-6-2-1-3-7-16)13-8-12(19-10-13)9-14-11-4-5-11/h8,10-11,14-15H,1-7,9H2. The van der Waals surface area contributed by atoms with Crippen molar-refractivity contribution < 1.29 is 8.42 Å². The third kappa shape index (κ3) is 3.79. The summed E-state index contributed by atoms with van der Waals surface area (Å²) in [4.78, 5) is 4.16. The number of hydrogen-bond donors (Lipinski definition) is 2. The average molecular weight is 315 g/mol. The van der Waals surface area contributed by atoms with Crippen LogP contribution in [0.2, 0.25) is 0 Å². The van der Waals surface area contributed by atoms with E-state index in [1.54, 1.807) is 11.4 Å². The van der Waals surface area contributed by atoms with Crippen LogP contribution in [-0.2, 0) is 16.6 Å². The van der Waals surface area contributed by atoms with E-state index in [1.165, 1.54) is 30.6 Å². The fourth-order valence-electron chi connectivity index (χ4n) is 2.33. The van der Waals surface area contributed by atoms with Crippen LogP contribution in [0.1, 0.15) is 37.0 Å². The summed E-state index contributed by atoms with van der Waals surface area (Å²) in [7, 11) is -3.40. The van der Waals surface area contributed by atoms with Gasteiger partial charge in [0.2, 0.25) is 0 Å². The molecular weight excluding hydrogens is 294 g/mol. The van der Waals surface area contributed by atoms with E-state index >= 15 is 0 Å². The molecule has 2 heterocycles. The summed E-state index contributed by atoms with van der Waals surface area (Å²) in [6.07, 6.45) is 5.79. The van der Waals surface area contributed by atoms with Crippen LogP contribution in [0.25, 0.3) is 0 Å². The van der Waals surface area contributed by atoms with Crippen LogP contribution >= 0.6 is 11.3 Å². The van der Waals surface area contributed by atoms with Crippen molar-refractivity contribution in [3.8, 4) is 0 Å². The van der Waals surface area contributed by atoms with Gasteiger partial charge in [-0.15, -0.1) is 16.2 Å². The number of hydrogen-bond acceptors (Lipinski definition) is 5. The molecule has 20 heavy (non-hydrogen) atoms. The SMILES string of the molecule is O=S(=O)(NN1CCCCC1)c1csc(CNC2CC2)c1. The largest absolute Gasteiger partial charge is 0.309 e.